The zero-order valence-corrected chi connectivity index (χ0v) is 18.5. The van der Waals surface area contributed by atoms with Crippen molar-refractivity contribution in [3.05, 3.63) is 41.5 Å². The Morgan fingerprint density at radius 1 is 1.19 bits per heavy atom. The molecule has 0 unspecified atom stereocenters. The molecule has 1 aliphatic heterocycles. The zero-order valence-electron chi connectivity index (χ0n) is 18.5. The van der Waals surface area contributed by atoms with Gasteiger partial charge in [-0.05, 0) is 26.8 Å². The van der Waals surface area contributed by atoms with Gasteiger partial charge < -0.3 is 24.4 Å². The maximum atomic E-state index is 13.5. The van der Waals surface area contributed by atoms with E-state index in [4.69, 9.17) is 9.26 Å². The summed E-state index contributed by atoms with van der Waals surface area (Å²) in [5, 5.41) is 8.60. The zero-order chi connectivity index (χ0) is 22.4. The second kappa shape index (κ2) is 7.85. The summed E-state index contributed by atoms with van der Waals surface area (Å²) in [6.07, 6.45) is -0.282. The Hall–Kier alpha value is -3.55. The molecule has 0 atom stereocenters. The van der Waals surface area contributed by atoms with E-state index in [0.717, 1.165) is 22.3 Å². The van der Waals surface area contributed by atoms with Crippen LogP contribution in [0.25, 0.3) is 22.2 Å². The highest BCUT2D eigenvalue weighted by molar-refractivity contribution is 6.28. The number of hydrogen-bond acceptors (Lipinski definition) is 7. The number of aromatic nitrogens is 1. The number of carbonyl (C=O) groups is 2. The van der Waals surface area contributed by atoms with Crippen LogP contribution in [0.5, 0.6) is 0 Å². The van der Waals surface area contributed by atoms with E-state index in [0.29, 0.717) is 55.2 Å². The van der Waals surface area contributed by atoms with Gasteiger partial charge in [0, 0.05) is 49.0 Å². The minimum atomic E-state index is -0.282. The van der Waals surface area contributed by atoms with Gasteiger partial charge in [-0.25, -0.2) is 4.79 Å². The lowest BCUT2D eigenvalue weighted by atomic mass is 9.86. The Labute approximate surface area is 186 Å². The van der Waals surface area contributed by atoms with Crippen LogP contribution in [0.4, 0.5) is 16.2 Å². The van der Waals surface area contributed by atoms with E-state index in [2.05, 4.69) is 15.4 Å². The smallest absolute Gasteiger partial charge is 0.409 e. The Bertz CT molecular complexity index is 1210. The predicted octanol–water partition coefficient (Wildman–Crippen LogP) is 4.14. The molecule has 3 aromatic rings. The predicted molar refractivity (Wildman–Crippen MR) is 122 cm³/mol. The van der Waals surface area contributed by atoms with Crippen molar-refractivity contribution in [2.45, 2.75) is 26.8 Å². The molecule has 1 saturated heterocycles. The van der Waals surface area contributed by atoms with Crippen molar-refractivity contribution in [3.8, 4) is 11.3 Å². The minimum Gasteiger partial charge on any atom is -0.450 e. The number of carbonyl (C=O) groups excluding carboxylic acids is 2. The molecule has 1 N–H and O–H groups in total. The van der Waals surface area contributed by atoms with E-state index in [9.17, 15) is 9.59 Å². The topological polar surface area (TPSA) is 87.9 Å². The first-order valence-electron chi connectivity index (χ1n) is 11.0. The summed E-state index contributed by atoms with van der Waals surface area (Å²) >= 11 is 0. The Morgan fingerprint density at radius 3 is 2.59 bits per heavy atom. The molecule has 5 rings (SSSR count). The monoisotopic (exact) mass is 434 g/mol. The second-order valence-corrected chi connectivity index (χ2v) is 8.40. The lowest BCUT2D eigenvalue weighted by Crippen LogP contribution is -2.49. The number of nitrogens with zero attached hydrogens (tertiary/aromatic N) is 3. The number of fused-ring (bicyclic) bond motifs is 2. The summed E-state index contributed by atoms with van der Waals surface area (Å²) in [5.74, 6) is 0.604. The molecule has 0 radical (unpaired) electrons. The molecule has 166 valence electrons. The lowest BCUT2D eigenvalue weighted by molar-refractivity contribution is 0.103. The van der Waals surface area contributed by atoms with Gasteiger partial charge in [-0.3, -0.25) is 4.79 Å². The van der Waals surface area contributed by atoms with Crippen molar-refractivity contribution in [3.63, 3.8) is 0 Å². The van der Waals surface area contributed by atoms with Crippen LogP contribution >= 0.6 is 0 Å². The van der Waals surface area contributed by atoms with Crippen LogP contribution in [0.15, 0.2) is 34.9 Å². The average molecular weight is 434 g/mol. The summed E-state index contributed by atoms with van der Waals surface area (Å²) < 4.78 is 10.9. The lowest BCUT2D eigenvalue weighted by Gasteiger charge is -2.36. The van der Waals surface area contributed by atoms with Gasteiger partial charge in [-0.2, -0.15) is 0 Å². The highest BCUT2D eigenvalue weighted by Crippen LogP contribution is 2.46. The van der Waals surface area contributed by atoms with Crippen LogP contribution in [0, 0.1) is 0 Å². The van der Waals surface area contributed by atoms with E-state index in [1.807, 2.05) is 44.2 Å². The van der Waals surface area contributed by atoms with Crippen LogP contribution in [0.2, 0.25) is 0 Å². The number of amides is 1. The summed E-state index contributed by atoms with van der Waals surface area (Å²) in [7, 11) is 0. The van der Waals surface area contributed by atoms with Crippen LogP contribution in [0.1, 0.15) is 36.7 Å². The molecule has 2 aliphatic rings. The maximum absolute atomic E-state index is 13.5. The maximum Gasteiger partial charge on any atom is 0.409 e. The number of rotatable bonds is 4. The first-order valence-corrected chi connectivity index (χ1v) is 11.0. The highest BCUT2D eigenvalue weighted by atomic mass is 16.6. The molecular formula is C24H26N4O4. The molecule has 1 amide bonds. The third-order valence-corrected chi connectivity index (χ3v) is 5.97. The van der Waals surface area contributed by atoms with Gasteiger partial charge in [-0.15, -0.1) is 0 Å². The normalized spacial score (nSPS) is 15.3. The Morgan fingerprint density at radius 2 is 1.91 bits per heavy atom. The number of nitrogens with one attached hydrogen (secondary N) is 1. The molecule has 2 aromatic carbocycles. The first-order chi connectivity index (χ1) is 15.5. The summed E-state index contributed by atoms with van der Waals surface area (Å²) in [4.78, 5) is 29.5. The third-order valence-electron chi connectivity index (χ3n) is 5.97. The van der Waals surface area contributed by atoms with Crippen molar-refractivity contribution < 1.29 is 18.8 Å². The number of anilines is 2. The van der Waals surface area contributed by atoms with Crippen LogP contribution in [-0.2, 0) is 4.74 Å². The van der Waals surface area contributed by atoms with E-state index < -0.39 is 0 Å². The minimum absolute atomic E-state index is 0.0249. The van der Waals surface area contributed by atoms with Gasteiger partial charge in [0.2, 0.25) is 0 Å². The number of benzene rings is 2. The summed E-state index contributed by atoms with van der Waals surface area (Å²) in [6.45, 7) is 8.66. The standard InChI is InChI=1S/C24H26N4O4/c1-4-31-24(30)28-11-9-27(10-12-28)18-13-17(25-14(2)3)19-20-21(18)26-32-23(20)16-8-6-5-7-15(16)22(19)29/h5-8,13-14,25H,4,9-12H2,1-3H3. The second-order valence-electron chi connectivity index (χ2n) is 8.40. The molecule has 1 fully saturated rings. The molecule has 2 heterocycles. The molecule has 0 saturated carbocycles. The van der Waals surface area contributed by atoms with Crippen molar-refractivity contribution in [1.82, 2.24) is 10.1 Å². The largest absolute Gasteiger partial charge is 0.450 e. The van der Waals surface area contributed by atoms with Gasteiger partial charge in [0.25, 0.3) is 0 Å². The molecule has 1 aromatic heterocycles. The molecule has 8 heteroatoms. The first kappa shape index (κ1) is 20.4. The fourth-order valence-electron chi connectivity index (χ4n) is 4.55. The van der Waals surface area contributed by atoms with Crippen LogP contribution < -0.4 is 10.2 Å². The van der Waals surface area contributed by atoms with E-state index in [-0.39, 0.29) is 17.9 Å². The van der Waals surface area contributed by atoms with Crippen LogP contribution in [0.3, 0.4) is 0 Å². The van der Waals surface area contributed by atoms with Gasteiger partial charge in [0.05, 0.1) is 23.2 Å². The molecule has 32 heavy (non-hydrogen) atoms. The van der Waals surface area contributed by atoms with Gasteiger partial charge in [0.1, 0.15) is 5.52 Å². The summed E-state index contributed by atoms with van der Waals surface area (Å²) in [6, 6.07) is 9.63. The van der Waals surface area contributed by atoms with Crippen molar-refractivity contribution >= 4 is 34.2 Å². The van der Waals surface area contributed by atoms with E-state index >= 15 is 0 Å². The number of hydrogen-bond donors (Lipinski definition) is 1. The van der Waals surface area contributed by atoms with Gasteiger partial charge in [-0.1, -0.05) is 29.4 Å². The fraction of sp³-hybridized carbons (Fsp3) is 0.375. The van der Waals surface area contributed by atoms with Crippen molar-refractivity contribution in [1.29, 1.82) is 0 Å². The summed E-state index contributed by atoms with van der Waals surface area (Å²) in [5.41, 5.74) is 4.36. The van der Waals surface area contributed by atoms with Crippen molar-refractivity contribution in [2.24, 2.45) is 0 Å². The van der Waals surface area contributed by atoms with Crippen molar-refractivity contribution in [2.75, 3.05) is 43.0 Å². The van der Waals surface area contributed by atoms with E-state index in [1.165, 1.54) is 0 Å². The fourth-order valence-corrected chi connectivity index (χ4v) is 4.55. The quantitative estimate of drug-likeness (QED) is 0.516. The third kappa shape index (κ3) is 3.18. The Kier molecular flexibility index (Phi) is 5.00. The van der Waals surface area contributed by atoms with Gasteiger partial charge in [0.15, 0.2) is 11.5 Å². The molecule has 0 bridgehead atoms. The Balaban J connectivity index is 1.60. The molecular weight excluding hydrogens is 408 g/mol. The SMILES string of the molecule is CCOC(=O)N1CCN(c2cc(NC(C)C)c3c4c(onc24)-c2ccccc2C3=O)CC1. The number of piperazine rings is 1. The highest BCUT2D eigenvalue weighted by Gasteiger charge is 2.34. The average Bonchev–Trinajstić information content (AvgIpc) is 3.23. The van der Waals surface area contributed by atoms with Crippen LogP contribution in [-0.4, -0.2) is 60.8 Å². The number of ketones is 1. The number of ether oxygens (including phenoxy) is 1. The molecule has 1 aliphatic carbocycles. The van der Waals surface area contributed by atoms with E-state index in [1.54, 1.807) is 11.8 Å². The van der Waals surface area contributed by atoms with Gasteiger partial charge >= 0.3 is 6.09 Å². The molecule has 8 nitrogen and oxygen atoms in total. The molecule has 0 spiro atoms.